The number of halogens is 1. The van der Waals surface area contributed by atoms with E-state index in [9.17, 15) is 5.11 Å². The molecule has 0 radical (unpaired) electrons. The van der Waals surface area contributed by atoms with E-state index in [0.717, 1.165) is 5.56 Å². The molecular weight excluding hydrogens is 238 g/mol. The van der Waals surface area contributed by atoms with Crippen LogP contribution in [-0.4, -0.2) is 10.1 Å². The normalized spacial score (nSPS) is 12.2. The van der Waals surface area contributed by atoms with Gasteiger partial charge < -0.3 is 9.84 Å². The van der Waals surface area contributed by atoms with Crippen LogP contribution in [0, 0.1) is 0 Å². The van der Waals surface area contributed by atoms with E-state index in [4.69, 9.17) is 16.3 Å². The van der Waals surface area contributed by atoms with Gasteiger partial charge in [-0.3, -0.25) is 0 Å². The molecule has 0 spiro atoms. The van der Waals surface area contributed by atoms with Crippen LogP contribution in [0.2, 0.25) is 5.02 Å². The zero-order valence-corrected chi connectivity index (χ0v) is 10.1. The van der Waals surface area contributed by atoms with E-state index in [0.29, 0.717) is 16.7 Å². The number of hydrogen-bond acceptors (Lipinski definition) is 3. The molecule has 0 aliphatic heterocycles. The van der Waals surface area contributed by atoms with Gasteiger partial charge in [0.25, 0.3) is 0 Å². The number of aliphatic hydroxyl groups is 1. The molecule has 0 fully saturated rings. The van der Waals surface area contributed by atoms with Crippen LogP contribution in [0.4, 0.5) is 0 Å². The largest absolute Gasteiger partial charge is 0.439 e. The lowest BCUT2D eigenvalue weighted by Gasteiger charge is -2.07. The van der Waals surface area contributed by atoms with Crippen LogP contribution in [0.1, 0.15) is 18.6 Å². The second-order valence-electron chi connectivity index (χ2n) is 3.66. The fourth-order valence-corrected chi connectivity index (χ4v) is 1.45. The first kappa shape index (κ1) is 11.9. The van der Waals surface area contributed by atoms with Gasteiger partial charge >= 0.3 is 0 Å². The minimum absolute atomic E-state index is 0.483. The van der Waals surface area contributed by atoms with Crippen LogP contribution in [0.3, 0.4) is 0 Å². The molecule has 0 amide bonds. The van der Waals surface area contributed by atoms with Crippen molar-refractivity contribution < 1.29 is 9.84 Å². The van der Waals surface area contributed by atoms with E-state index in [2.05, 4.69) is 4.98 Å². The van der Waals surface area contributed by atoms with Crippen LogP contribution in [0.5, 0.6) is 11.6 Å². The molecule has 4 heteroatoms. The molecule has 1 heterocycles. The second-order valence-corrected chi connectivity index (χ2v) is 4.10. The number of pyridine rings is 1. The Morgan fingerprint density at radius 3 is 2.41 bits per heavy atom. The fourth-order valence-electron chi connectivity index (χ4n) is 1.32. The summed E-state index contributed by atoms with van der Waals surface area (Å²) in [6.07, 6.45) is 1.07. The van der Waals surface area contributed by atoms with Crippen molar-refractivity contribution in [2.24, 2.45) is 0 Å². The molecular formula is C13H12ClNO2. The molecule has 17 heavy (non-hydrogen) atoms. The Balaban J connectivity index is 2.11. The van der Waals surface area contributed by atoms with E-state index in [-0.39, 0.29) is 0 Å². The van der Waals surface area contributed by atoms with Gasteiger partial charge in [0.15, 0.2) is 0 Å². The Morgan fingerprint density at radius 2 is 1.88 bits per heavy atom. The predicted octanol–water partition coefficient (Wildman–Crippen LogP) is 3.58. The average Bonchev–Trinajstić information content (AvgIpc) is 2.33. The summed E-state index contributed by atoms with van der Waals surface area (Å²) in [5.41, 5.74) is 0.758. The second kappa shape index (κ2) is 5.17. The lowest BCUT2D eigenvalue weighted by atomic mass is 10.2. The van der Waals surface area contributed by atoms with E-state index in [1.54, 1.807) is 49.5 Å². The molecule has 0 unspecified atom stereocenters. The number of hydrogen-bond donors (Lipinski definition) is 1. The quantitative estimate of drug-likeness (QED) is 0.904. The van der Waals surface area contributed by atoms with Gasteiger partial charge in [0, 0.05) is 17.3 Å². The molecule has 0 aliphatic carbocycles. The summed E-state index contributed by atoms with van der Waals surface area (Å²) in [5.74, 6) is 1.16. The average molecular weight is 250 g/mol. The highest BCUT2D eigenvalue weighted by Crippen LogP contribution is 2.22. The Labute approximate surface area is 105 Å². The SMILES string of the molecule is C[C@@H](O)c1ccc(Oc2ccc(Cl)cc2)nc1. The van der Waals surface area contributed by atoms with Crippen LogP contribution in [-0.2, 0) is 0 Å². The Kier molecular flexibility index (Phi) is 3.61. The zero-order chi connectivity index (χ0) is 12.3. The van der Waals surface area contributed by atoms with Crippen molar-refractivity contribution >= 4 is 11.6 Å². The van der Waals surface area contributed by atoms with Crippen molar-refractivity contribution in [2.75, 3.05) is 0 Å². The minimum atomic E-state index is -0.521. The number of ether oxygens (including phenoxy) is 1. The first-order valence-electron chi connectivity index (χ1n) is 5.22. The molecule has 0 saturated carbocycles. The molecule has 1 aromatic carbocycles. The summed E-state index contributed by atoms with van der Waals surface area (Å²) in [6.45, 7) is 1.69. The molecule has 1 N–H and O–H groups in total. The maximum absolute atomic E-state index is 9.34. The van der Waals surface area contributed by atoms with Crippen molar-refractivity contribution in [1.82, 2.24) is 4.98 Å². The zero-order valence-electron chi connectivity index (χ0n) is 9.30. The summed E-state index contributed by atoms with van der Waals surface area (Å²) in [7, 11) is 0. The van der Waals surface area contributed by atoms with Crippen molar-refractivity contribution in [3.05, 3.63) is 53.2 Å². The lowest BCUT2D eigenvalue weighted by molar-refractivity contribution is 0.198. The number of benzene rings is 1. The maximum Gasteiger partial charge on any atom is 0.219 e. The molecule has 2 rings (SSSR count). The number of aliphatic hydroxyl groups excluding tert-OH is 1. The first-order chi connectivity index (χ1) is 8.15. The van der Waals surface area contributed by atoms with Crippen LogP contribution < -0.4 is 4.74 Å². The third-order valence-corrected chi connectivity index (χ3v) is 2.53. The maximum atomic E-state index is 9.34. The minimum Gasteiger partial charge on any atom is -0.439 e. The van der Waals surface area contributed by atoms with Crippen LogP contribution in [0.25, 0.3) is 0 Å². The fraction of sp³-hybridized carbons (Fsp3) is 0.154. The van der Waals surface area contributed by atoms with Crippen molar-refractivity contribution in [3.8, 4) is 11.6 Å². The lowest BCUT2D eigenvalue weighted by Crippen LogP contribution is -1.93. The van der Waals surface area contributed by atoms with Gasteiger partial charge in [-0.15, -0.1) is 0 Å². The highest BCUT2D eigenvalue weighted by molar-refractivity contribution is 6.30. The van der Waals surface area contributed by atoms with Gasteiger partial charge in [0.05, 0.1) is 6.10 Å². The molecule has 88 valence electrons. The highest BCUT2D eigenvalue weighted by Gasteiger charge is 2.02. The van der Waals surface area contributed by atoms with Crippen LogP contribution >= 0.6 is 11.6 Å². The van der Waals surface area contributed by atoms with Gasteiger partial charge in [-0.2, -0.15) is 0 Å². The van der Waals surface area contributed by atoms with E-state index >= 15 is 0 Å². The van der Waals surface area contributed by atoms with Gasteiger partial charge in [-0.1, -0.05) is 11.6 Å². The summed E-state index contributed by atoms with van der Waals surface area (Å²) in [5, 5.41) is 10.0. The summed E-state index contributed by atoms with van der Waals surface area (Å²) >= 11 is 5.77. The highest BCUT2D eigenvalue weighted by atomic mass is 35.5. The molecule has 0 aliphatic rings. The summed E-state index contributed by atoms with van der Waals surface area (Å²) in [4.78, 5) is 4.10. The van der Waals surface area contributed by atoms with Crippen molar-refractivity contribution in [3.63, 3.8) is 0 Å². The van der Waals surface area contributed by atoms with Crippen molar-refractivity contribution in [2.45, 2.75) is 13.0 Å². The third-order valence-electron chi connectivity index (χ3n) is 2.28. The number of nitrogens with zero attached hydrogens (tertiary/aromatic N) is 1. The molecule has 1 aromatic heterocycles. The van der Waals surface area contributed by atoms with E-state index in [1.807, 2.05) is 0 Å². The van der Waals surface area contributed by atoms with E-state index < -0.39 is 6.10 Å². The van der Waals surface area contributed by atoms with Gasteiger partial charge in [-0.25, -0.2) is 4.98 Å². The first-order valence-corrected chi connectivity index (χ1v) is 5.60. The molecule has 3 nitrogen and oxygen atoms in total. The van der Waals surface area contributed by atoms with Gasteiger partial charge in [-0.05, 0) is 42.8 Å². The third kappa shape index (κ3) is 3.19. The summed E-state index contributed by atoms with van der Waals surface area (Å²) in [6, 6.07) is 10.5. The molecule has 0 saturated heterocycles. The Hall–Kier alpha value is -1.58. The number of rotatable bonds is 3. The van der Waals surface area contributed by atoms with Gasteiger partial charge in [0.2, 0.25) is 5.88 Å². The van der Waals surface area contributed by atoms with Crippen molar-refractivity contribution in [1.29, 1.82) is 0 Å². The van der Waals surface area contributed by atoms with E-state index in [1.165, 1.54) is 0 Å². The summed E-state index contributed by atoms with van der Waals surface area (Å²) < 4.78 is 5.52. The smallest absolute Gasteiger partial charge is 0.219 e. The monoisotopic (exact) mass is 249 g/mol. The Morgan fingerprint density at radius 1 is 1.18 bits per heavy atom. The topological polar surface area (TPSA) is 42.4 Å². The standard InChI is InChI=1S/C13H12ClNO2/c1-9(16)10-2-7-13(15-8-10)17-12-5-3-11(14)4-6-12/h2-9,16H,1H3/t9-/m1/s1. The number of aromatic nitrogens is 1. The molecule has 1 atom stereocenters. The van der Waals surface area contributed by atoms with Crippen LogP contribution in [0.15, 0.2) is 42.6 Å². The van der Waals surface area contributed by atoms with Gasteiger partial charge in [0.1, 0.15) is 5.75 Å². The Bertz CT molecular complexity index is 480. The molecule has 2 aromatic rings. The predicted molar refractivity (Wildman–Crippen MR) is 66.4 cm³/mol. The molecule has 0 bridgehead atoms.